The van der Waals surface area contributed by atoms with Gasteiger partial charge in [0.15, 0.2) is 6.29 Å². The van der Waals surface area contributed by atoms with Crippen LogP contribution in [0.3, 0.4) is 0 Å². The van der Waals surface area contributed by atoms with Gasteiger partial charge in [0.2, 0.25) is 0 Å². The molecule has 1 saturated heterocycles. The van der Waals surface area contributed by atoms with Crippen molar-refractivity contribution in [1.82, 2.24) is 0 Å². The van der Waals surface area contributed by atoms with Gasteiger partial charge in [0.05, 0.1) is 12.2 Å². The maximum absolute atomic E-state index is 9.11. The molecule has 0 unspecified atom stereocenters. The van der Waals surface area contributed by atoms with E-state index in [1.54, 1.807) is 7.11 Å². The number of aliphatic hydroxyl groups excluding tert-OH is 1. The monoisotopic (exact) mass is 161 g/mol. The molecule has 0 aliphatic carbocycles. The molecule has 0 aromatic carbocycles. The molecular formula is C7H15NO3. The number of nitrogens with two attached hydrogens (primary N) is 1. The molecule has 1 aliphatic rings. The van der Waals surface area contributed by atoms with Gasteiger partial charge in [-0.1, -0.05) is 0 Å². The molecule has 1 aliphatic heterocycles. The fourth-order valence-corrected chi connectivity index (χ4v) is 1.46. The fraction of sp³-hybridized carbons (Fsp3) is 1.00. The first-order valence-electron chi connectivity index (χ1n) is 3.77. The minimum Gasteiger partial charge on any atom is -0.377 e. The lowest BCUT2D eigenvalue weighted by Crippen LogP contribution is -2.51. The van der Waals surface area contributed by atoms with Gasteiger partial charge in [-0.15, -0.1) is 0 Å². The Labute approximate surface area is 66.3 Å². The lowest BCUT2D eigenvalue weighted by Gasteiger charge is -2.35. The second-order valence-corrected chi connectivity index (χ2v) is 2.90. The Bertz CT molecular complexity index is 119. The zero-order valence-corrected chi connectivity index (χ0v) is 6.86. The molecule has 0 aromatic heterocycles. The Hall–Kier alpha value is -0.160. The Morgan fingerprint density at radius 3 is 2.73 bits per heavy atom. The third kappa shape index (κ3) is 1.90. The van der Waals surface area contributed by atoms with Gasteiger partial charge in [-0.2, -0.15) is 0 Å². The summed E-state index contributed by atoms with van der Waals surface area (Å²) in [6, 6.07) is -0.126. The molecule has 0 radical (unpaired) electrons. The molecule has 0 amide bonds. The van der Waals surface area contributed by atoms with Crippen LogP contribution in [0.2, 0.25) is 0 Å². The van der Waals surface area contributed by atoms with Crippen molar-refractivity contribution in [1.29, 1.82) is 0 Å². The van der Waals surface area contributed by atoms with Crippen LogP contribution < -0.4 is 5.73 Å². The smallest absolute Gasteiger partial charge is 0.156 e. The summed E-state index contributed by atoms with van der Waals surface area (Å²) in [6.07, 6.45) is -0.508. The molecule has 4 atom stereocenters. The molecule has 11 heavy (non-hydrogen) atoms. The van der Waals surface area contributed by atoms with Crippen LogP contribution in [0.25, 0.3) is 0 Å². The van der Waals surface area contributed by atoms with Crippen LogP contribution in [0.5, 0.6) is 0 Å². The molecule has 4 nitrogen and oxygen atoms in total. The van der Waals surface area contributed by atoms with Crippen molar-refractivity contribution in [2.75, 3.05) is 7.11 Å². The van der Waals surface area contributed by atoms with Crippen LogP contribution in [0.4, 0.5) is 0 Å². The Balaban J connectivity index is 2.52. The van der Waals surface area contributed by atoms with E-state index >= 15 is 0 Å². The molecule has 1 fully saturated rings. The van der Waals surface area contributed by atoms with Gasteiger partial charge in [0.25, 0.3) is 0 Å². The van der Waals surface area contributed by atoms with E-state index < -0.39 is 6.29 Å². The minimum absolute atomic E-state index is 0.0987. The summed E-state index contributed by atoms with van der Waals surface area (Å²) in [7, 11) is 1.60. The SMILES string of the molecule is CO[C@@H]1[C@@H](N)C[C@@H](O)O[C@@H]1C. The van der Waals surface area contributed by atoms with Crippen LogP contribution in [0, 0.1) is 0 Å². The number of methoxy groups -OCH3 is 1. The van der Waals surface area contributed by atoms with Crippen LogP contribution in [0.15, 0.2) is 0 Å². The number of ether oxygens (including phenoxy) is 2. The lowest BCUT2D eigenvalue weighted by molar-refractivity contribution is -0.204. The Morgan fingerprint density at radius 1 is 1.64 bits per heavy atom. The zero-order valence-electron chi connectivity index (χ0n) is 6.86. The summed E-state index contributed by atoms with van der Waals surface area (Å²) >= 11 is 0. The van der Waals surface area contributed by atoms with Crippen LogP contribution >= 0.6 is 0 Å². The highest BCUT2D eigenvalue weighted by Crippen LogP contribution is 2.18. The molecule has 3 N–H and O–H groups in total. The van der Waals surface area contributed by atoms with E-state index in [2.05, 4.69) is 0 Å². The Kier molecular flexibility index (Phi) is 2.84. The van der Waals surface area contributed by atoms with Gasteiger partial charge in [-0.25, -0.2) is 0 Å². The summed E-state index contributed by atoms with van der Waals surface area (Å²) in [5.74, 6) is 0. The summed E-state index contributed by atoms with van der Waals surface area (Å²) < 4.78 is 10.2. The van der Waals surface area contributed by atoms with E-state index in [0.29, 0.717) is 6.42 Å². The minimum atomic E-state index is -0.730. The van der Waals surface area contributed by atoms with Crippen LogP contribution in [-0.2, 0) is 9.47 Å². The van der Waals surface area contributed by atoms with Gasteiger partial charge >= 0.3 is 0 Å². The van der Waals surface area contributed by atoms with E-state index in [1.807, 2.05) is 6.92 Å². The first-order valence-corrected chi connectivity index (χ1v) is 3.77. The average molecular weight is 161 g/mol. The van der Waals surface area contributed by atoms with Crippen molar-refractivity contribution in [3.63, 3.8) is 0 Å². The molecular weight excluding hydrogens is 146 g/mol. The van der Waals surface area contributed by atoms with E-state index in [-0.39, 0.29) is 18.2 Å². The van der Waals surface area contributed by atoms with E-state index in [0.717, 1.165) is 0 Å². The van der Waals surface area contributed by atoms with Crippen molar-refractivity contribution in [3.8, 4) is 0 Å². The second kappa shape index (κ2) is 3.49. The quantitative estimate of drug-likeness (QED) is 0.542. The Morgan fingerprint density at radius 2 is 2.27 bits per heavy atom. The third-order valence-corrected chi connectivity index (χ3v) is 2.00. The summed E-state index contributed by atoms with van der Waals surface area (Å²) in [5, 5.41) is 9.11. The highest BCUT2D eigenvalue weighted by atomic mass is 16.6. The van der Waals surface area contributed by atoms with Crippen molar-refractivity contribution < 1.29 is 14.6 Å². The van der Waals surface area contributed by atoms with Crippen molar-refractivity contribution in [2.24, 2.45) is 5.73 Å². The number of rotatable bonds is 1. The van der Waals surface area contributed by atoms with E-state index in [1.165, 1.54) is 0 Å². The lowest BCUT2D eigenvalue weighted by atomic mass is 10.0. The van der Waals surface area contributed by atoms with Crippen LogP contribution in [-0.4, -0.2) is 36.8 Å². The van der Waals surface area contributed by atoms with E-state index in [9.17, 15) is 0 Å². The van der Waals surface area contributed by atoms with Crippen molar-refractivity contribution >= 4 is 0 Å². The largest absolute Gasteiger partial charge is 0.377 e. The predicted octanol–water partition coefficient (Wildman–Crippen LogP) is -0.544. The first-order chi connectivity index (χ1) is 5.15. The molecule has 0 bridgehead atoms. The van der Waals surface area contributed by atoms with Crippen molar-refractivity contribution in [3.05, 3.63) is 0 Å². The highest BCUT2D eigenvalue weighted by molar-refractivity contribution is 4.83. The summed E-state index contributed by atoms with van der Waals surface area (Å²) in [4.78, 5) is 0. The molecule has 0 saturated carbocycles. The second-order valence-electron chi connectivity index (χ2n) is 2.90. The standard InChI is InChI=1S/C7H15NO3/c1-4-7(10-2)5(8)3-6(9)11-4/h4-7,9H,3,8H2,1-2H3/t4-,5+,6+,7+/m1/s1. The topological polar surface area (TPSA) is 64.7 Å². The van der Waals surface area contributed by atoms with E-state index in [4.69, 9.17) is 20.3 Å². The maximum atomic E-state index is 9.11. The first kappa shape index (κ1) is 8.93. The summed E-state index contributed by atoms with van der Waals surface area (Å²) in [5.41, 5.74) is 5.71. The summed E-state index contributed by atoms with van der Waals surface area (Å²) in [6.45, 7) is 1.84. The molecule has 66 valence electrons. The molecule has 1 rings (SSSR count). The van der Waals surface area contributed by atoms with Gasteiger partial charge in [-0.05, 0) is 6.92 Å². The third-order valence-electron chi connectivity index (χ3n) is 2.00. The normalized spacial score (nSPS) is 45.8. The fourth-order valence-electron chi connectivity index (χ4n) is 1.46. The van der Waals surface area contributed by atoms with Crippen molar-refractivity contribution in [2.45, 2.75) is 37.9 Å². The maximum Gasteiger partial charge on any atom is 0.156 e. The van der Waals surface area contributed by atoms with Gasteiger partial charge < -0.3 is 20.3 Å². The van der Waals surface area contributed by atoms with Crippen LogP contribution in [0.1, 0.15) is 13.3 Å². The van der Waals surface area contributed by atoms with Gasteiger partial charge in [0.1, 0.15) is 0 Å². The number of hydrogen-bond donors (Lipinski definition) is 2. The molecule has 4 heteroatoms. The predicted molar refractivity (Wildman–Crippen MR) is 39.9 cm³/mol. The molecule has 0 spiro atoms. The van der Waals surface area contributed by atoms with Gasteiger partial charge in [0, 0.05) is 19.6 Å². The van der Waals surface area contributed by atoms with Gasteiger partial charge in [-0.3, -0.25) is 0 Å². The molecule has 1 heterocycles. The number of hydrogen-bond acceptors (Lipinski definition) is 4. The number of aliphatic hydroxyl groups is 1. The highest BCUT2D eigenvalue weighted by Gasteiger charge is 2.33. The molecule has 0 aromatic rings. The zero-order chi connectivity index (χ0) is 8.43. The average Bonchev–Trinajstić information content (AvgIpc) is 1.85.